The van der Waals surface area contributed by atoms with Crippen LogP contribution in [0, 0.1) is 0 Å². The fourth-order valence-corrected chi connectivity index (χ4v) is 13.8. The number of hydrogen-bond acceptors (Lipinski definition) is 2. The molecular formula is C83H77BN2. The van der Waals surface area contributed by atoms with E-state index in [4.69, 9.17) is 8.22 Å². The van der Waals surface area contributed by atoms with E-state index >= 15 is 0 Å². The molecule has 0 bridgehead atoms. The smallest absolute Gasteiger partial charge is 0.247 e. The van der Waals surface area contributed by atoms with E-state index in [9.17, 15) is 5.48 Å². The van der Waals surface area contributed by atoms with Gasteiger partial charge in [0.15, 0.2) is 0 Å². The Labute approximate surface area is 526 Å². The molecule has 0 aliphatic carbocycles. The summed E-state index contributed by atoms with van der Waals surface area (Å²) >= 11 is 0. The van der Waals surface area contributed by atoms with Crippen molar-refractivity contribution in [3.8, 4) is 44.5 Å². The van der Waals surface area contributed by atoms with Gasteiger partial charge in [-0.1, -0.05) is 288 Å². The molecule has 11 aromatic carbocycles. The van der Waals surface area contributed by atoms with Crippen LogP contribution in [0.3, 0.4) is 0 Å². The number of nitrogens with zero attached hydrogens (tertiary/aromatic N) is 2. The van der Waals surface area contributed by atoms with Gasteiger partial charge in [-0.05, 0) is 159 Å². The van der Waals surface area contributed by atoms with Crippen LogP contribution in [0.15, 0.2) is 248 Å². The quantitative estimate of drug-likeness (QED) is 0.153. The number of fused-ring (bicyclic) bond motifs is 10. The molecule has 86 heavy (non-hydrogen) atoms. The van der Waals surface area contributed by atoms with Crippen LogP contribution in [0.1, 0.15) is 141 Å². The van der Waals surface area contributed by atoms with E-state index in [1.165, 1.54) is 11.1 Å². The highest BCUT2D eigenvalue weighted by Gasteiger charge is 2.56. The summed E-state index contributed by atoms with van der Waals surface area (Å²) in [5, 5.41) is 0. The Morgan fingerprint density at radius 2 is 0.767 bits per heavy atom. The molecule has 3 aliphatic heterocycles. The Balaban J connectivity index is 1.21. The fraction of sp³-hybridized carbons (Fsp3) is 0.205. The summed E-state index contributed by atoms with van der Waals surface area (Å²) in [4.78, 5) is 4.86. The molecule has 3 aliphatic rings. The predicted molar refractivity (Wildman–Crippen MR) is 369 cm³/mol. The van der Waals surface area contributed by atoms with Gasteiger partial charge in [-0.3, -0.25) is 0 Å². The van der Waals surface area contributed by atoms with Crippen LogP contribution in [-0.2, 0) is 27.1 Å². The lowest BCUT2D eigenvalue weighted by Crippen LogP contribution is -2.65. The van der Waals surface area contributed by atoms with Gasteiger partial charge in [0, 0.05) is 28.2 Å². The highest BCUT2D eigenvalue weighted by molar-refractivity contribution is 6.99. The average Bonchev–Trinajstić information content (AvgIpc) is 0.661. The normalized spacial score (nSPS) is 15.7. The van der Waals surface area contributed by atoms with Crippen LogP contribution >= 0.6 is 0 Å². The highest BCUT2D eigenvalue weighted by atomic mass is 15.2. The Kier molecular flexibility index (Phi) is 10.4. The summed E-state index contributed by atoms with van der Waals surface area (Å²) in [6.45, 7) is 26.5. The number of benzene rings is 11. The minimum absolute atomic E-state index is 0.0854. The first kappa shape index (κ1) is 44.5. The molecule has 0 N–H and O–H groups in total. The number of anilines is 6. The molecule has 0 amide bonds. The Hall–Kier alpha value is -8.92. The molecule has 0 radical (unpaired) electrons. The van der Waals surface area contributed by atoms with Crippen LogP contribution in [0.2, 0.25) is 0 Å². The highest BCUT2D eigenvalue weighted by Crippen LogP contribution is 2.61. The lowest BCUT2D eigenvalue weighted by molar-refractivity contribution is 0.568. The summed E-state index contributed by atoms with van der Waals surface area (Å²) in [7, 11) is 0. The van der Waals surface area contributed by atoms with Gasteiger partial charge in [-0.15, -0.1) is 0 Å². The molecule has 2 nitrogen and oxygen atoms in total. The summed E-state index contributed by atoms with van der Waals surface area (Å²) in [6.07, 6.45) is 0. The minimum Gasteiger partial charge on any atom is -0.310 e. The van der Waals surface area contributed by atoms with Crippen LogP contribution in [0.5, 0.6) is 0 Å². The minimum atomic E-state index is -1.20. The second kappa shape index (κ2) is 20.1. The summed E-state index contributed by atoms with van der Waals surface area (Å²) in [6, 6.07) is 63.4. The molecule has 0 fully saturated rings. The zero-order valence-corrected chi connectivity index (χ0v) is 51.4. The topological polar surface area (TPSA) is 6.48 Å². The fourth-order valence-electron chi connectivity index (χ4n) is 13.8. The van der Waals surface area contributed by atoms with E-state index in [0.717, 1.165) is 106 Å². The first-order valence-corrected chi connectivity index (χ1v) is 30.2. The van der Waals surface area contributed by atoms with Gasteiger partial charge in [0.05, 0.1) is 36.2 Å². The first-order chi connectivity index (χ1) is 45.3. The first-order valence-electron chi connectivity index (χ1n) is 35.2. The summed E-state index contributed by atoms with van der Waals surface area (Å²) < 4.78 is 91.8. The molecule has 11 aromatic rings. The Bertz CT molecular complexity index is 4870. The van der Waals surface area contributed by atoms with Gasteiger partial charge in [0.2, 0.25) is 6.71 Å². The molecule has 3 heteroatoms. The van der Waals surface area contributed by atoms with Crippen LogP contribution < -0.4 is 26.2 Å². The monoisotopic (exact) mass is 1120 g/mol. The van der Waals surface area contributed by atoms with Gasteiger partial charge in [0.1, 0.15) is 0 Å². The van der Waals surface area contributed by atoms with E-state index < -0.39 is 53.8 Å². The second-order valence-electron chi connectivity index (χ2n) is 27.8. The van der Waals surface area contributed by atoms with E-state index in [1.54, 1.807) is 0 Å². The van der Waals surface area contributed by atoms with Crippen molar-refractivity contribution in [3.63, 3.8) is 0 Å². The SMILES string of the molecule is [2H]c1c([2H])c([2H])c(-c2ccc3c(c2)N(c2c(-c4ccccc4)cc(C(C)(C)C)cc2-c2ccccc2)c2cc(C(C)(C)C)cc4c2B3c2ccc(-c3c([2H])c([2H])c([2H])c([2H])c3[2H])cc2C42c3ccccc3N(c3cc(C(C)(C)C)cc(C(C)(C)C)c3)c3ccccc32)c([2H])c1[2H]. The standard InChI is InChI=1S/C83H77BN2/c1-79(2,3)60-47-61(80(4,5)6)49-64(48-60)85-73-39-27-25-37-67(73)83(68-38-26-28-40-74(68)85)69-45-58(54-29-17-13-18-30-54)41-43-71(69)84-72-44-42-59(55-31-19-14-20-32-55)46-75(72)86(76-53-63(82(10,11)12)52-70(83)77(76)84)78-65(56-33-21-15-22-34-56)50-62(81(7,8)9)51-66(78)57-35-23-16-24-36-57/h13-53H,1-12H3/i13D,14D,17D,18D,19D,20D,29D,30D,31D,32D. The van der Waals surface area contributed by atoms with Crippen LogP contribution in [0.4, 0.5) is 34.1 Å². The average molecular weight is 1120 g/mol. The van der Waals surface area contributed by atoms with Crippen molar-refractivity contribution < 1.29 is 13.7 Å². The van der Waals surface area contributed by atoms with Crippen molar-refractivity contribution in [1.29, 1.82) is 0 Å². The number of para-hydroxylation sites is 2. The Morgan fingerprint density at radius 1 is 0.326 bits per heavy atom. The van der Waals surface area contributed by atoms with Crippen molar-refractivity contribution in [2.45, 2.75) is 110 Å². The molecule has 0 aromatic heterocycles. The van der Waals surface area contributed by atoms with Gasteiger partial charge in [-0.2, -0.15) is 0 Å². The third-order valence-corrected chi connectivity index (χ3v) is 18.3. The lowest BCUT2D eigenvalue weighted by Gasteiger charge is -2.53. The third kappa shape index (κ3) is 8.91. The second-order valence-corrected chi connectivity index (χ2v) is 27.8. The van der Waals surface area contributed by atoms with Crippen LogP contribution in [0.25, 0.3) is 44.5 Å². The molecule has 422 valence electrons. The van der Waals surface area contributed by atoms with Gasteiger partial charge >= 0.3 is 0 Å². The summed E-state index contributed by atoms with van der Waals surface area (Å²) in [5.41, 5.74) is 19.4. The van der Waals surface area contributed by atoms with E-state index in [0.29, 0.717) is 11.1 Å². The van der Waals surface area contributed by atoms with Crippen molar-refractivity contribution >= 4 is 57.2 Å². The number of rotatable bonds is 6. The molecule has 0 atom stereocenters. The maximum absolute atomic E-state index is 9.57. The zero-order valence-electron chi connectivity index (χ0n) is 61.4. The molecule has 3 heterocycles. The van der Waals surface area contributed by atoms with E-state index in [2.05, 4.69) is 251 Å². The molecule has 0 unspecified atom stereocenters. The molecular weight excluding hydrogens is 1040 g/mol. The van der Waals surface area contributed by atoms with Gasteiger partial charge in [-0.25, -0.2) is 0 Å². The van der Waals surface area contributed by atoms with Crippen molar-refractivity contribution in [3.05, 3.63) is 293 Å². The molecule has 14 rings (SSSR count). The lowest BCUT2D eigenvalue weighted by atomic mass is 9.29. The molecule has 1 spiro atoms. The number of hydrogen-bond donors (Lipinski definition) is 0. The third-order valence-electron chi connectivity index (χ3n) is 18.3. The maximum Gasteiger partial charge on any atom is 0.247 e. The zero-order chi connectivity index (χ0) is 68.4. The Morgan fingerprint density at radius 3 is 1.27 bits per heavy atom. The summed E-state index contributed by atoms with van der Waals surface area (Å²) in [5.74, 6) is 0. The van der Waals surface area contributed by atoms with Crippen LogP contribution in [-0.4, -0.2) is 6.71 Å². The van der Waals surface area contributed by atoms with Gasteiger partial charge in [0.25, 0.3) is 0 Å². The molecule has 0 saturated heterocycles. The largest absolute Gasteiger partial charge is 0.310 e. The van der Waals surface area contributed by atoms with Crippen molar-refractivity contribution in [2.24, 2.45) is 0 Å². The predicted octanol–water partition coefficient (Wildman–Crippen LogP) is 20.3. The molecule has 0 saturated carbocycles. The maximum atomic E-state index is 9.57. The van der Waals surface area contributed by atoms with Crippen molar-refractivity contribution in [1.82, 2.24) is 0 Å². The van der Waals surface area contributed by atoms with E-state index in [-0.39, 0.29) is 51.5 Å². The van der Waals surface area contributed by atoms with E-state index in [1.807, 2.05) is 30.3 Å². The van der Waals surface area contributed by atoms with Gasteiger partial charge < -0.3 is 9.80 Å². The van der Waals surface area contributed by atoms with Crippen molar-refractivity contribution in [2.75, 3.05) is 9.80 Å².